The van der Waals surface area contributed by atoms with Gasteiger partial charge in [0.05, 0.1) is 72.0 Å². The van der Waals surface area contributed by atoms with Gasteiger partial charge in [0.1, 0.15) is 19.3 Å². The first-order valence-electron chi connectivity index (χ1n) is 11.3. The largest absolute Gasteiger partial charge is 0.377 e. The minimum Gasteiger partial charge on any atom is -0.377 e. The fourth-order valence-electron chi connectivity index (χ4n) is 2.65. The molecule has 0 N–H and O–H groups in total. The van der Waals surface area contributed by atoms with Crippen LogP contribution in [0.4, 0.5) is 0 Å². The van der Waals surface area contributed by atoms with E-state index >= 15 is 0 Å². The zero-order chi connectivity index (χ0) is 26.2. The van der Waals surface area contributed by atoms with Crippen LogP contribution in [0, 0.1) is 11.3 Å². The highest BCUT2D eigenvalue weighted by Crippen LogP contribution is 2.47. The molecule has 0 aliphatic carbocycles. The maximum atomic E-state index is 8.92. The molecule has 0 fully saturated rings. The lowest BCUT2D eigenvalue weighted by Crippen LogP contribution is -2.36. The molecule has 0 aromatic rings. The van der Waals surface area contributed by atoms with Gasteiger partial charge in [0.2, 0.25) is 0 Å². The molecule has 0 saturated heterocycles. The molecular weight excluding hydrogens is 713 g/mol. The molecule has 208 valence electrons. The summed E-state index contributed by atoms with van der Waals surface area (Å²) in [5.41, 5.74) is 0. The molecule has 0 amide bonds. The lowest BCUT2D eigenvalue weighted by Gasteiger charge is -2.37. The molecule has 12 nitrogen and oxygen atoms in total. The van der Waals surface area contributed by atoms with E-state index in [4.69, 9.17) is 43.0 Å². The van der Waals surface area contributed by atoms with Crippen molar-refractivity contribution in [3.05, 3.63) is 0 Å². The summed E-state index contributed by atoms with van der Waals surface area (Å²) in [6, 6.07) is 2.49. The number of rotatable bonds is 26. The highest BCUT2D eigenvalue weighted by Gasteiger charge is 2.30. The number of nitriles is 1. The van der Waals surface area contributed by atoms with Crippen LogP contribution in [0.1, 0.15) is 34.1 Å². The van der Waals surface area contributed by atoms with Crippen molar-refractivity contribution in [1.29, 1.82) is 5.26 Å². The molecule has 0 spiro atoms. The predicted molar refractivity (Wildman–Crippen MR) is 145 cm³/mol. The van der Waals surface area contributed by atoms with E-state index in [2.05, 4.69) is 44.9 Å². The monoisotopic (exact) mass is 752 g/mol. The molecule has 35 heavy (non-hydrogen) atoms. The van der Waals surface area contributed by atoms with E-state index in [1.54, 1.807) is 46.0 Å². The summed E-state index contributed by atoms with van der Waals surface area (Å²) in [4.78, 5) is 9.48. The molecule has 0 aliphatic rings. The van der Waals surface area contributed by atoms with Crippen LogP contribution in [0.2, 0.25) is 0 Å². The van der Waals surface area contributed by atoms with Crippen molar-refractivity contribution >= 4 is 54.5 Å². The Bertz CT molecular complexity index is 481. The van der Waals surface area contributed by atoms with Crippen molar-refractivity contribution in [3.63, 3.8) is 0 Å². The van der Waals surface area contributed by atoms with Crippen LogP contribution in [0.5, 0.6) is 0 Å². The summed E-state index contributed by atoms with van der Waals surface area (Å²) in [5.74, 6) is 0. The van der Waals surface area contributed by atoms with Gasteiger partial charge >= 0.3 is 0 Å². The van der Waals surface area contributed by atoms with E-state index in [-0.39, 0.29) is 24.6 Å². The molecule has 0 bridgehead atoms. The summed E-state index contributed by atoms with van der Waals surface area (Å²) in [6.07, 6.45) is -0.0910. The van der Waals surface area contributed by atoms with Gasteiger partial charge in [-0.05, 0) is 27.7 Å². The molecule has 15 heteroatoms. The SMILES string of the molecule is CC(C)N(C(C)C)P(OCCC#N)OC(COCCOCCOOI)COCCOCCOOI. The Morgan fingerprint density at radius 2 is 1.17 bits per heavy atom. The van der Waals surface area contributed by atoms with Crippen LogP contribution in [-0.2, 0) is 44.2 Å². The first kappa shape index (κ1) is 35.9. The van der Waals surface area contributed by atoms with Crippen molar-refractivity contribution < 1.29 is 44.2 Å². The van der Waals surface area contributed by atoms with E-state index < -0.39 is 8.53 Å². The Hall–Kier alpha value is 0.940. The quantitative estimate of drug-likeness (QED) is 0.0412. The van der Waals surface area contributed by atoms with E-state index in [0.29, 0.717) is 72.7 Å². The third-order valence-corrected chi connectivity index (χ3v) is 6.66. The fourth-order valence-corrected chi connectivity index (χ4v) is 4.69. The minimum absolute atomic E-state index is 0.190. The Morgan fingerprint density at radius 1 is 0.714 bits per heavy atom. The second-order valence-electron chi connectivity index (χ2n) is 7.42. The van der Waals surface area contributed by atoms with Gasteiger partial charge in [-0.1, -0.05) is 0 Å². The minimum atomic E-state index is -1.43. The molecule has 0 aromatic carbocycles. The first-order chi connectivity index (χ1) is 17.0. The molecule has 0 aromatic heterocycles. The maximum Gasteiger partial charge on any atom is 0.259 e. The number of halogens is 2. The Kier molecular flexibility index (Phi) is 27.3. The standard InChI is InChI=1S/C20H39I2N2O10P/c1-18(2)24(19(3)4)35(31-7-5-6-23)32-20(16-27-10-8-25-12-14-29-33-21)17-28-11-9-26-13-15-30-34-22/h18-20H,5,7-17H2,1-4H3. The molecule has 0 heterocycles. The average molecular weight is 752 g/mol. The van der Waals surface area contributed by atoms with Crippen LogP contribution in [0.25, 0.3) is 0 Å². The van der Waals surface area contributed by atoms with Crippen molar-refractivity contribution in [2.75, 3.05) is 72.7 Å². The van der Waals surface area contributed by atoms with Crippen molar-refractivity contribution in [1.82, 2.24) is 4.67 Å². The first-order valence-corrected chi connectivity index (χ1v) is 14.2. The molecule has 0 aliphatic heterocycles. The Balaban J connectivity index is 4.79. The van der Waals surface area contributed by atoms with Crippen LogP contribution >= 0.6 is 54.5 Å². The molecule has 1 unspecified atom stereocenters. The topological polar surface area (TPSA) is 119 Å². The van der Waals surface area contributed by atoms with Gasteiger partial charge in [-0.25, -0.2) is 14.4 Å². The van der Waals surface area contributed by atoms with Crippen molar-refractivity contribution in [2.24, 2.45) is 0 Å². The predicted octanol–water partition coefficient (Wildman–Crippen LogP) is 4.31. The molecule has 0 saturated carbocycles. The molecule has 0 radical (unpaired) electrons. The average Bonchev–Trinajstić information content (AvgIpc) is 2.81. The molecular formula is C20H39I2N2O10P. The van der Waals surface area contributed by atoms with E-state index in [1.165, 1.54) is 0 Å². The Labute approximate surface area is 238 Å². The van der Waals surface area contributed by atoms with Crippen LogP contribution < -0.4 is 0 Å². The zero-order valence-electron chi connectivity index (χ0n) is 20.9. The van der Waals surface area contributed by atoms with Gasteiger partial charge in [0.15, 0.2) is 46.0 Å². The third kappa shape index (κ3) is 21.6. The highest BCUT2D eigenvalue weighted by molar-refractivity contribution is 14.1. The lowest BCUT2D eigenvalue weighted by molar-refractivity contribution is -0.178. The smallest absolute Gasteiger partial charge is 0.259 e. The van der Waals surface area contributed by atoms with Gasteiger partial charge in [0, 0.05) is 12.1 Å². The van der Waals surface area contributed by atoms with Crippen molar-refractivity contribution in [2.45, 2.75) is 52.3 Å². The molecule has 0 rings (SSSR count). The lowest BCUT2D eigenvalue weighted by atomic mass is 10.3. The fraction of sp³-hybridized carbons (Fsp3) is 0.950. The number of ether oxygens (including phenoxy) is 4. The summed E-state index contributed by atoms with van der Waals surface area (Å²) >= 11 is 3.30. The number of nitrogens with zero attached hydrogens (tertiary/aromatic N) is 2. The normalized spacial score (nSPS) is 12.8. The third-order valence-electron chi connectivity index (χ3n) is 3.96. The van der Waals surface area contributed by atoms with Gasteiger partial charge in [-0.15, -0.1) is 0 Å². The second kappa shape index (κ2) is 26.5. The van der Waals surface area contributed by atoms with E-state index in [0.717, 1.165) is 0 Å². The zero-order valence-corrected chi connectivity index (χ0v) is 26.1. The van der Waals surface area contributed by atoms with Gasteiger partial charge < -0.3 is 28.0 Å². The van der Waals surface area contributed by atoms with E-state index in [9.17, 15) is 0 Å². The maximum absolute atomic E-state index is 8.92. The summed E-state index contributed by atoms with van der Waals surface area (Å²) < 4.78 is 45.8. The summed E-state index contributed by atoms with van der Waals surface area (Å²) in [7, 11) is -1.43. The van der Waals surface area contributed by atoms with Crippen LogP contribution in [0.3, 0.4) is 0 Å². The number of hydrogen-bond donors (Lipinski definition) is 0. The van der Waals surface area contributed by atoms with Gasteiger partial charge in [-0.3, -0.25) is 0 Å². The number of hydrogen-bond acceptors (Lipinski definition) is 12. The Morgan fingerprint density at radius 3 is 1.60 bits per heavy atom. The van der Waals surface area contributed by atoms with Crippen LogP contribution in [-0.4, -0.2) is 95.5 Å². The van der Waals surface area contributed by atoms with E-state index in [1.807, 2.05) is 0 Å². The summed E-state index contributed by atoms with van der Waals surface area (Å²) in [5, 5.41) is 8.92. The highest BCUT2D eigenvalue weighted by atomic mass is 127. The van der Waals surface area contributed by atoms with Crippen molar-refractivity contribution in [3.8, 4) is 6.07 Å². The van der Waals surface area contributed by atoms with Gasteiger partial charge in [0.25, 0.3) is 8.53 Å². The molecule has 1 atom stereocenters. The van der Waals surface area contributed by atoms with Crippen LogP contribution in [0.15, 0.2) is 0 Å². The van der Waals surface area contributed by atoms with Gasteiger partial charge in [-0.2, -0.15) is 11.7 Å². The summed E-state index contributed by atoms with van der Waals surface area (Å²) in [6.45, 7) is 12.3. The second-order valence-corrected chi connectivity index (χ2v) is 9.54.